The number of methoxy groups -OCH3 is 1. The van der Waals surface area contributed by atoms with Crippen molar-refractivity contribution in [3.63, 3.8) is 0 Å². The Hall–Kier alpha value is -2.34. The normalized spacial score (nSPS) is 11.6. The van der Waals surface area contributed by atoms with E-state index in [9.17, 15) is 0 Å². The number of hydrogen-bond donors (Lipinski definition) is 2. The van der Waals surface area contributed by atoms with Crippen LogP contribution in [0.15, 0.2) is 35.3 Å². The number of aromatic nitrogens is 2. The van der Waals surface area contributed by atoms with E-state index in [1.165, 1.54) is 5.56 Å². The van der Waals surface area contributed by atoms with Crippen LogP contribution in [-0.2, 0) is 11.3 Å². The van der Waals surface area contributed by atoms with Gasteiger partial charge in [0, 0.05) is 45.1 Å². The quantitative estimate of drug-likeness (QED) is 0.464. The largest absolute Gasteiger partial charge is 0.385 e. The summed E-state index contributed by atoms with van der Waals surface area (Å²) in [5.74, 6) is 0.789. The highest BCUT2D eigenvalue weighted by Crippen LogP contribution is 2.17. The minimum atomic E-state index is 0.689. The molecule has 0 aliphatic rings. The molecule has 0 amide bonds. The van der Waals surface area contributed by atoms with Gasteiger partial charge in [0.25, 0.3) is 0 Å². The van der Waals surface area contributed by atoms with Crippen molar-refractivity contribution in [1.29, 1.82) is 0 Å². The van der Waals surface area contributed by atoms with Gasteiger partial charge in [0.05, 0.1) is 11.4 Å². The van der Waals surface area contributed by atoms with Crippen molar-refractivity contribution >= 4 is 5.96 Å². The van der Waals surface area contributed by atoms with Gasteiger partial charge < -0.3 is 15.4 Å². The number of aryl methyl sites for hydroxylation is 1. The van der Waals surface area contributed by atoms with Gasteiger partial charge in [-0.1, -0.05) is 18.2 Å². The molecule has 1 heterocycles. The maximum atomic E-state index is 5.05. The molecule has 0 saturated heterocycles. The van der Waals surface area contributed by atoms with Crippen LogP contribution in [0.3, 0.4) is 0 Å². The molecule has 0 spiro atoms. The van der Waals surface area contributed by atoms with Gasteiger partial charge in [0.2, 0.25) is 0 Å². The van der Waals surface area contributed by atoms with Crippen molar-refractivity contribution in [2.75, 3.05) is 27.3 Å². The molecular weight excluding hydrogens is 302 g/mol. The second-order valence-corrected chi connectivity index (χ2v) is 5.60. The van der Waals surface area contributed by atoms with Gasteiger partial charge in [-0.05, 0) is 32.4 Å². The Morgan fingerprint density at radius 3 is 2.62 bits per heavy atom. The average Bonchev–Trinajstić information content (AvgIpc) is 2.89. The lowest BCUT2D eigenvalue weighted by atomic mass is 10.2. The third-order valence-electron chi connectivity index (χ3n) is 3.92. The zero-order chi connectivity index (χ0) is 17.4. The Bertz CT molecular complexity index is 664. The Balaban J connectivity index is 2.01. The highest BCUT2D eigenvalue weighted by molar-refractivity contribution is 5.79. The third kappa shape index (κ3) is 4.58. The van der Waals surface area contributed by atoms with Gasteiger partial charge in [-0.3, -0.25) is 4.99 Å². The first-order valence-electron chi connectivity index (χ1n) is 8.21. The molecule has 6 nitrogen and oxygen atoms in total. The molecule has 24 heavy (non-hydrogen) atoms. The Morgan fingerprint density at radius 1 is 1.21 bits per heavy atom. The minimum Gasteiger partial charge on any atom is -0.385 e. The molecule has 130 valence electrons. The van der Waals surface area contributed by atoms with Gasteiger partial charge in [-0.2, -0.15) is 5.10 Å². The monoisotopic (exact) mass is 329 g/mol. The summed E-state index contributed by atoms with van der Waals surface area (Å²) in [5.41, 5.74) is 4.44. The van der Waals surface area contributed by atoms with Gasteiger partial charge in [-0.25, -0.2) is 4.68 Å². The molecule has 0 fully saturated rings. The number of hydrogen-bond acceptors (Lipinski definition) is 3. The average molecular weight is 329 g/mol. The summed E-state index contributed by atoms with van der Waals surface area (Å²) in [5, 5.41) is 11.3. The minimum absolute atomic E-state index is 0.689. The number of guanidine groups is 1. The molecule has 0 atom stereocenters. The van der Waals surface area contributed by atoms with E-state index in [1.807, 2.05) is 29.8 Å². The number of benzene rings is 1. The van der Waals surface area contributed by atoms with Crippen molar-refractivity contribution in [2.45, 2.75) is 26.8 Å². The fourth-order valence-corrected chi connectivity index (χ4v) is 2.57. The zero-order valence-electron chi connectivity index (χ0n) is 15.0. The Kier molecular flexibility index (Phi) is 6.81. The molecule has 0 aliphatic heterocycles. The molecule has 0 bridgehead atoms. The fourth-order valence-electron chi connectivity index (χ4n) is 2.57. The topological polar surface area (TPSA) is 63.5 Å². The molecule has 0 unspecified atom stereocenters. The lowest BCUT2D eigenvalue weighted by molar-refractivity contribution is 0.195. The molecule has 0 aliphatic carbocycles. The first-order chi connectivity index (χ1) is 11.7. The fraction of sp³-hybridized carbons (Fsp3) is 0.444. The van der Waals surface area contributed by atoms with E-state index in [1.54, 1.807) is 14.2 Å². The van der Waals surface area contributed by atoms with Gasteiger partial charge in [0.1, 0.15) is 0 Å². The standard InChI is InChI=1S/C18H27N5O/c1-14-17(13-21-18(19-3)20-11-8-12-24-4)15(2)23(22-14)16-9-6-5-7-10-16/h5-7,9-10H,8,11-13H2,1-4H3,(H2,19,20,21). The Labute approximate surface area is 143 Å². The van der Waals surface area contributed by atoms with E-state index >= 15 is 0 Å². The van der Waals surface area contributed by atoms with Crippen molar-refractivity contribution in [3.05, 3.63) is 47.3 Å². The van der Waals surface area contributed by atoms with Crippen LogP contribution in [0.1, 0.15) is 23.4 Å². The molecule has 0 saturated carbocycles. The summed E-state index contributed by atoms with van der Waals surface area (Å²) in [6.45, 7) is 6.40. The molecule has 2 aromatic rings. The summed E-state index contributed by atoms with van der Waals surface area (Å²) in [7, 11) is 3.49. The summed E-state index contributed by atoms with van der Waals surface area (Å²) in [4.78, 5) is 4.25. The number of para-hydroxylation sites is 1. The second kappa shape index (κ2) is 9.08. The predicted octanol–water partition coefficient (Wildman–Crippen LogP) is 2.19. The molecule has 2 rings (SSSR count). The first-order valence-corrected chi connectivity index (χ1v) is 8.21. The molecule has 1 aromatic heterocycles. The molecule has 2 N–H and O–H groups in total. The smallest absolute Gasteiger partial charge is 0.191 e. The molecule has 0 radical (unpaired) electrons. The maximum Gasteiger partial charge on any atom is 0.191 e. The van der Waals surface area contributed by atoms with Crippen molar-refractivity contribution in [3.8, 4) is 5.69 Å². The van der Waals surface area contributed by atoms with E-state index in [0.29, 0.717) is 6.54 Å². The highest BCUT2D eigenvalue weighted by atomic mass is 16.5. The van der Waals surface area contributed by atoms with Crippen molar-refractivity contribution in [2.24, 2.45) is 4.99 Å². The van der Waals surface area contributed by atoms with E-state index in [-0.39, 0.29) is 0 Å². The third-order valence-corrected chi connectivity index (χ3v) is 3.92. The van der Waals surface area contributed by atoms with E-state index in [4.69, 9.17) is 4.74 Å². The molecule has 6 heteroatoms. The van der Waals surface area contributed by atoms with Gasteiger partial charge >= 0.3 is 0 Å². The number of aliphatic imine (C=N–C) groups is 1. The lowest BCUT2D eigenvalue weighted by Gasteiger charge is -2.12. The van der Waals surface area contributed by atoms with Crippen LogP contribution >= 0.6 is 0 Å². The lowest BCUT2D eigenvalue weighted by Crippen LogP contribution is -2.37. The SMILES string of the molecule is CN=C(NCCCOC)NCc1c(C)nn(-c2ccccc2)c1C. The summed E-state index contributed by atoms with van der Waals surface area (Å²) >= 11 is 0. The van der Waals surface area contributed by atoms with Crippen LogP contribution in [0.25, 0.3) is 5.69 Å². The number of nitrogens with zero attached hydrogens (tertiary/aromatic N) is 3. The Morgan fingerprint density at radius 2 is 1.96 bits per heavy atom. The van der Waals surface area contributed by atoms with Crippen LogP contribution in [0.2, 0.25) is 0 Å². The summed E-state index contributed by atoms with van der Waals surface area (Å²) in [6.07, 6.45) is 0.946. The van der Waals surface area contributed by atoms with Crippen LogP contribution in [0, 0.1) is 13.8 Å². The second-order valence-electron chi connectivity index (χ2n) is 5.60. The van der Waals surface area contributed by atoms with Gasteiger partial charge in [-0.15, -0.1) is 0 Å². The zero-order valence-corrected chi connectivity index (χ0v) is 15.0. The van der Waals surface area contributed by atoms with Crippen LogP contribution in [0.4, 0.5) is 0 Å². The maximum absolute atomic E-state index is 5.05. The number of rotatable bonds is 7. The predicted molar refractivity (Wildman–Crippen MR) is 97.7 cm³/mol. The van der Waals surface area contributed by atoms with E-state index in [2.05, 4.69) is 39.8 Å². The summed E-state index contributed by atoms with van der Waals surface area (Å²) < 4.78 is 7.04. The first kappa shape index (κ1) is 18.0. The number of nitrogens with one attached hydrogen (secondary N) is 2. The van der Waals surface area contributed by atoms with Crippen LogP contribution in [-0.4, -0.2) is 43.0 Å². The number of ether oxygens (including phenoxy) is 1. The van der Waals surface area contributed by atoms with Crippen molar-refractivity contribution < 1.29 is 4.74 Å². The summed E-state index contributed by atoms with van der Waals surface area (Å²) in [6, 6.07) is 10.2. The molecule has 1 aromatic carbocycles. The molecular formula is C18H27N5O. The van der Waals surface area contributed by atoms with Gasteiger partial charge in [0.15, 0.2) is 5.96 Å². The van der Waals surface area contributed by atoms with Crippen LogP contribution < -0.4 is 10.6 Å². The highest BCUT2D eigenvalue weighted by Gasteiger charge is 2.12. The van der Waals surface area contributed by atoms with E-state index in [0.717, 1.165) is 42.6 Å². The van der Waals surface area contributed by atoms with Crippen LogP contribution in [0.5, 0.6) is 0 Å². The van der Waals surface area contributed by atoms with E-state index < -0.39 is 0 Å². The van der Waals surface area contributed by atoms with Crippen molar-refractivity contribution in [1.82, 2.24) is 20.4 Å².